The third-order valence-electron chi connectivity index (χ3n) is 4.32. The second kappa shape index (κ2) is 7.65. The molecule has 3 rings (SSSR count). The lowest BCUT2D eigenvalue weighted by atomic mass is 10.1. The Hall–Kier alpha value is -3.09. The van der Waals surface area contributed by atoms with Crippen LogP contribution in [0.3, 0.4) is 0 Å². The highest BCUT2D eigenvalue weighted by molar-refractivity contribution is 5.96. The first-order chi connectivity index (χ1) is 13.0. The monoisotopic (exact) mass is 368 g/mol. The maximum atomic E-state index is 5.55. The first kappa shape index (κ1) is 18.7. The summed E-state index contributed by atoms with van der Waals surface area (Å²) in [6, 6.07) is 6.01. The van der Waals surface area contributed by atoms with Crippen molar-refractivity contribution in [1.82, 2.24) is 15.0 Å². The minimum absolute atomic E-state index is 0.510. The van der Waals surface area contributed by atoms with Crippen LogP contribution in [0.4, 0.5) is 5.82 Å². The third kappa shape index (κ3) is 3.58. The van der Waals surface area contributed by atoms with E-state index in [1.165, 1.54) is 11.9 Å². The molecule has 0 aliphatic heterocycles. The molecule has 7 nitrogen and oxygen atoms in total. The van der Waals surface area contributed by atoms with Gasteiger partial charge in [0.2, 0.25) is 5.75 Å². The fraction of sp³-hybridized carbons (Fsp3) is 0.350. The van der Waals surface area contributed by atoms with Gasteiger partial charge in [0.1, 0.15) is 17.7 Å². The summed E-state index contributed by atoms with van der Waals surface area (Å²) < 4.78 is 16.5. The van der Waals surface area contributed by atoms with Gasteiger partial charge in [0.25, 0.3) is 0 Å². The quantitative estimate of drug-likeness (QED) is 0.661. The standard InChI is InChI=1S/C20H24N4O3/c1-12-7-13(2)23-14(8-12)10-24(3)20-15-9-16(25-4)18(26-5)19(27-6)17(15)21-11-22-20/h7-9,11H,10H2,1-6H3. The maximum absolute atomic E-state index is 5.55. The van der Waals surface area contributed by atoms with E-state index in [1.807, 2.05) is 24.9 Å². The van der Waals surface area contributed by atoms with Gasteiger partial charge in [0.15, 0.2) is 11.5 Å². The summed E-state index contributed by atoms with van der Waals surface area (Å²) in [7, 11) is 6.73. The molecule has 2 heterocycles. The minimum atomic E-state index is 0.510. The second-order valence-corrected chi connectivity index (χ2v) is 6.37. The number of hydrogen-bond donors (Lipinski definition) is 0. The van der Waals surface area contributed by atoms with E-state index in [9.17, 15) is 0 Å². The van der Waals surface area contributed by atoms with Crippen LogP contribution in [0, 0.1) is 13.8 Å². The number of pyridine rings is 1. The lowest BCUT2D eigenvalue weighted by Gasteiger charge is -2.21. The van der Waals surface area contributed by atoms with E-state index in [4.69, 9.17) is 14.2 Å². The van der Waals surface area contributed by atoms with Crippen LogP contribution in [-0.4, -0.2) is 43.3 Å². The molecule has 0 unspecified atom stereocenters. The zero-order chi connectivity index (χ0) is 19.6. The first-order valence-corrected chi connectivity index (χ1v) is 8.57. The molecule has 0 spiro atoms. The van der Waals surface area contributed by atoms with E-state index in [0.29, 0.717) is 29.3 Å². The Kier molecular flexibility index (Phi) is 5.30. The van der Waals surface area contributed by atoms with Gasteiger partial charge in [-0.15, -0.1) is 0 Å². The Morgan fingerprint density at radius 3 is 2.30 bits per heavy atom. The average molecular weight is 368 g/mol. The summed E-state index contributed by atoms with van der Waals surface area (Å²) in [6.45, 7) is 4.68. The van der Waals surface area contributed by atoms with Gasteiger partial charge in [-0.05, 0) is 37.6 Å². The molecule has 3 aromatic rings. The van der Waals surface area contributed by atoms with Gasteiger partial charge in [-0.25, -0.2) is 9.97 Å². The zero-order valence-electron chi connectivity index (χ0n) is 16.5. The van der Waals surface area contributed by atoms with Gasteiger partial charge in [-0.1, -0.05) is 0 Å². The molecule has 0 amide bonds. The molecule has 2 aromatic heterocycles. The normalized spacial score (nSPS) is 10.7. The number of rotatable bonds is 6. The van der Waals surface area contributed by atoms with Crippen molar-refractivity contribution in [2.45, 2.75) is 20.4 Å². The summed E-state index contributed by atoms with van der Waals surface area (Å²) in [5, 5.41) is 0.818. The number of hydrogen-bond acceptors (Lipinski definition) is 7. The van der Waals surface area contributed by atoms with Crippen molar-refractivity contribution in [1.29, 1.82) is 0 Å². The maximum Gasteiger partial charge on any atom is 0.205 e. The molecule has 0 fully saturated rings. The Bertz CT molecular complexity index is 955. The van der Waals surface area contributed by atoms with Gasteiger partial charge in [0, 0.05) is 12.7 Å². The van der Waals surface area contributed by atoms with Crippen molar-refractivity contribution in [2.75, 3.05) is 33.3 Å². The van der Waals surface area contributed by atoms with Gasteiger partial charge in [0.05, 0.1) is 39.0 Å². The van der Waals surface area contributed by atoms with Gasteiger partial charge < -0.3 is 19.1 Å². The Labute approximate surface area is 158 Å². The van der Waals surface area contributed by atoms with E-state index in [1.54, 1.807) is 21.3 Å². The van der Waals surface area contributed by atoms with Crippen LogP contribution in [0.5, 0.6) is 17.2 Å². The summed E-state index contributed by atoms with van der Waals surface area (Å²) in [5.41, 5.74) is 3.83. The number of benzene rings is 1. The van der Waals surface area contributed by atoms with E-state index in [0.717, 1.165) is 22.6 Å². The molecule has 7 heteroatoms. The number of ether oxygens (including phenoxy) is 3. The van der Waals surface area contributed by atoms with E-state index in [2.05, 4.69) is 34.0 Å². The molecule has 0 radical (unpaired) electrons. The molecule has 0 bridgehead atoms. The highest BCUT2D eigenvalue weighted by Crippen LogP contribution is 2.44. The summed E-state index contributed by atoms with van der Waals surface area (Å²) in [4.78, 5) is 15.5. The molecule has 1 aromatic carbocycles. The van der Waals surface area contributed by atoms with Crippen molar-refractivity contribution in [3.05, 3.63) is 41.5 Å². The topological polar surface area (TPSA) is 69.6 Å². The van der Waals surface area contributed by atoms with Gasteiger partial charge >= 0.3 is 0 Å². The molecule has 0 saturated carbocycles. The molecule has 0 aliphatic rings. The van der Waals surface area contributed by atoms with Crippen LogP contribution in [0.2, 0.25) is 0 Å². The van der Waals surface area contributed by atoms with Crippen LogP contribution < -0.4 is 19.1 Å². The van der Waals surface area contributed by atoms with Crippen molar-refractivity contribution in [2.24, 2.45) is 0 Å². The van der Waals surface area contributed by atoms with E-state index < -0.39 is 0 Å². The fourth-order valence-corrected chi connectivity index (χ4v) is 3.28. The minimum Gasteiger partial charge on any atom is -0.493 e. The summed E-state index contributed by atoms with van der Waals surface area (Å²) >= 11 is 0. The van der Waals surface area contributed by atoms with Crippen LogP contribution in [-0.2, 0) is 6.54 Å². The van der Waals surface area contributed by atoms with E-state index >= 15 is 0 Å². The predicted octanol–water partition coefficient (Wildman–Crippen LogP) is 3.30. The fourth-order valence-electron chi connectivity index (χ4n) is 3.28. The van der Waals surface area contributed by atoms with Crippen molar-refractivity contribution in [3.8, 4) is 17.2 Å². The smallest absolute Gasteiger partial charge is 0.205 e. The molecule has 0 N–H and O–H groups in total. The molecular weight excluding hydrogens is 344 g/mol. The largest absolute Gasteiger partial charge is 0.493 e. The Morgan fingerprint density at radius 1 is 0.926 bits per heavy atom. The average Bonchev–Trinajstić information content (AvgIpc) is 2.64. The first-order valence-electron chi connectivity index (χ1n) is 8.57. The number of methoxy groups -OCH3 is 3. The Balaban J connectivity index is 2.11. The van der Waals surface area contributed by atoms with Crippen LogP contribution in [0.1, 0.15) is 17.0 Å². The van der Waals surface area contributed by atoms with Crippen LogP contribution in [0.15, 0.2) is 24.5 Å². The molecule has 142 valence electrons. The summed E-state index contributed by atoms with van der Waals surface area (Å²) in [5.74, 6) is 2.36. The van der Waals surface area contributed by atoms with E-state index in [-0.39, 0.29) is 0 Å². The molecule has 0 saturated heterocycles. The van der Waals surface area contributed by atoms with Gasteiger partial charge in [-0.2, -0.15) is 0 Å². The SMILES string of the molecule is COc1cc2c(N(C)Cc3cc(C)cc(C)n3)ncnc2c(OC)c1OC. The number of aromatic nitrogens is 3. The van der Waals surface area contributed by atoms with Crippen LogP contribution >= 0.6 is 0 Å². The molecular formula is C20H24N4O3. The number of anilines is 1. The predicted molar refractivity (Wildman–Crippen MR) is 105 cm³/mol. The second-order valence-electron chi connectivity index (χ2n) is 6.37. The highest BCUT2D eigenvalue weighted by atomic mass is 16.5. The summed E-state index contributed by atoms with van der Waals surface area (Å²) in [6.07, 6.45) is 1.53. The van der Waals surface area contributed by atoms with Crippen LogP contribution in [0.25, 0.3) is 10.9 Å². The number of fused-ring (bicyclic) bond motifs is 1. The van der Waals surface area contributed by atoms with Gasteiger partial charge in [-0.3, -0.25) is 4.98 Å². The Morgan fingerprint density at radius 2 is 1.67 bits per heavy atom. The zero-order valence-corrected chi connectivity index (χ0v) is 16.5. The van der Waals surface area contributed by atoms with Crippen molar-refractivity contribution < 1.29 is 14.2 Å². The number of aryl methyl sites for hydroxylation is 2. The molecule has 0 atom stereocenters. The van der Waals surface area contributed by atoms with Crippen molar-refractivity contribution in [3.63, 3.8) is 0 Å². The molecule has 27 heavy (non-hydrogen) atoms. The number of nitrogens with zero attached hydrogens (tertiary/aromatic N) is 4. The van der Waals surface area contributed by atoms with Crippen molar-refractivity contribution >= 4 is 16.7 Å². The highest BCUT2D eigenvalue weighted by Gasteiger charge is 2.20. The third-order valence-corrected chi connectivity index (χ3v) is 4.32. The molecule has 0 aliphatic carbocycles. The lowest BCUT2D eigenvalue weighted by Crippen LogP contribution is -2.19. The lowest BCUT2D eigenvalue weighted by molar-refractivity contribution is 0.327.